The molecule has 1 heterocycles. The van der Waals surface area contributed by atoms with Gasteiger partial charge in [0, 0.05) is 24.3 Å². The predicted octanol–water partition coefficient (Wildman–Crippen LogP) is 2.84. The highest BCUT2D eigenvalue weighted by Gasteiger charge is 2.25. The van der Waals surface area contributed by atoms with Crippen molar-refractivity contribution in [1.29, 1.82) is 0 Å². The lowest BCUT2D eigenvalue weighted by atomic mass is 10.1. The minimum Gasteiger partial charge on any atom is -0.349 e. The molecule has 0 saturated heterocycles. The maximum atomic E-state index is 12.5. The molecule has 30 heavy (non-hydrogen) atoms. The normalized spacial score (nSPS) is 13.3. The molecule has 7 heteroatoms. The van der Waals surface area contributed by atoms with Crippen LogP contribution < -0.4 is 10.6 Å². The molecule has 3 aromatic rings. The van der Waals surface area contributed by atoms with Crippen molar-refractivity contribution in [3.8, 4) is 5.69 Å². The molecule has 0 atom stereocenters. The Balaban J connectivity index is 1.33. The van der Waals surface area contributed by atoms with Crippen LogP contribution in [-0.4, -0.2) is 46.1 Å². The van der Waals surface area contributed by atoms with Gasteiger partial charge in [0.2, 0.25) is 5.91 Å². The largest absolute Gasteiger partial charge is 0.349 e. The van der Waals surface area contributed by atoms with Crippen molar-refractivity contribution in [1.82, 2.24) is 20.0 Å². The number of para-hydroxylation sites is 2. The maximum absolute atomic E-state index is 12.5. The van der Waals surface area contributed by atoms with E-state index in [0.717, 1.165) is 24.1 Å². The number of amides is 2. The van der Waals surface area contributed by atoms with Crippen molar-refractivity contribution in [2.75, 3.05) is 18.9 Å². The molecule has 1 saturated carbocycles. The second-order valence-electron chi connectivity index (χ2n) is 7.64. The fourth-order valence-corrected chi connectivity index (χ4v) is 3.25. The van der Waals surface area contributed by atoms with Crippen molar-refractivity contribution in [2.24, 2.45) is 0 Å². The summed E-state index contributed by atoms with van der Waals surface area (Å²) in [7, 11) is 1.88. The average Bonchev–Trinajstić information content (AvgIpc) is 3.43. The summed E-state index contributed by atoms with van der Waals surface area (Å²) in [5.74, 6) is -0.310. The Morgan fingerprint density at radius 2 is 1.83 bits per heavy atom. The molecule has 7 nitrogen and oxygen atoms in total. The fourth-order valence-electron chi connectivity index (χ4n) is 3.25. The van der Waals surface area contributed by atoms with Crippen molar-refractivity contribution < 1.29 is 9.59 Å². The van der Waals surface area contributed by atoms with E-state index in [0.29, 0.717) is 17.8 Å². The lowest BCUT2D eigenvalue weighted by Crippen LogP contribution is -2.31. The number of hydrogen-bond acceptors (Lipinski definition) is 4. The monoisotopic (exact) mass is 403 g/mol. The number of anilines is 1. The van der Waals surface area contributed by atoms with Crippen LogP contribution in [0.25, 0.3) is 5.69 Å². The van der Waals surface area contributed by atoms with Crippen molar-refractivity contribution in [3.05, 3.63) is 78.1 Å². The lowest BCUT2D eigenvalue weighted by Gasteiger charge is -2.16. The molecule has 2 amide bonds. The van der Waals surface area contributed by atoms with Crippen LogP contribution in [0.15, 0.2) is 67.0 Å². The van der Waals surface area contributed by atoms with Crippen LogP contribution in [-0.2, 0) is 11.3 Å². The van der Waals surface area contributed by atoms with Crippen LogP contribution in [0, 0.1) is 0 Å². The van der Waals surface area contributed by atoms with Crippen LogP contribution >= 0.6 is 0 Å². The Morgan fingerprint density at radius 3 is 2.60 bits per heavy atom. The summed E-state index contributed by atoms with van der Waals surface area (Å²) < 4.78 is 1.82. The number of nitrogens with one attached hydrogen (secondary N) is 2. The fraction of sp³-hybridized carbons (Fsp3) is 0.261. The first-order valence-electron chi connectivity index (χ1n) is 10.1. The highest BCUT2D eigenvalue weighted by molar-refractivity contribution is 6.04. The summed E-state index contributed by atoms with van der Waals surface area (Å²) in [6.07, 6.45) is 5.80. The number of rotatable bonds is 8. The van der Waals surface area contributed by atoms with Gasteiger partial charge in [0.15, 0.2) is 0 Å². The van der Waals surface area contributed by atoms with Gasteiger partial charge in [-0.25, -0.2) is 4.68 Å². The summed E-state index contributed by atoms with van der Waals surface area (Å²) in [5.41, 5.74) is 3.03. The Labute approximate surface area is 175 Å². The Morgan fingerprint density at radius 1 is 1.10 bits per heavy atom. The molecule has 0 radical (unpaired) electrons. The molecule has 1 aliphatic carbocycles. The van der Waals surface area contributed by atoms with Gasteiger partial charge in [-0.3, -0.25) is 14.5 Å². The quantitative estimate of drug-likeness (QED) is 0.606. The number of carbonyl (C=O) groups excluding carboxylic acids is 2. The van der Waals surface area contributed by atoms with Gasteiger partial charge in [-0.05, 0) is 44.2 Å². The Hall–Kier alpha value is -3.45. The first kappa shape index (κ1) is 19.8. The van der Waals surface area contributed by atoms with E-state index in [-0.39, 0.29) is 24.4 Å². The van der Waals surface area contributed by atoms with Gasteiger partial charge >= 0.3 is 0 Å². The van der Waals surface area contributed by atoms with E-state index >= 15 is 0 Å². The molecule has 1 fully saturated rings. The zero-order valence-corrected chi connectivity index (χ0v) is 16.9. The molecule has 0 aliphatic heterocycles. The highest BCUT2D eigenvalue weighted by atomic mass is 16.2. The SMILES string of the molecule is CN(CC(=O)Nc1ccccc1C(=O)NC1CC1)Cc1cnn(-c2ccccc2)c1. The van der Waals surface area contributed by atoms with Crippen molar-refractivity contribution in [3.63, 3.8) is 0 Å². The molecule has 0 spiro atoms. The first-order valence-corrected chi connectivity index (χ1v) is 10.1. The summed E-state index contributed by atoms with van der Waals surface area (Å²) in [6.45, 7) is 0.791. The van der Waals surface area contributed by atoms with Gasteiger partial charge in [0.1, 0.15) is 0 Å². The third-order valence-corrected chi connectivity index (χ3v) is 4.88. The number of likely N-dealkylation sites (N-methyl/N-ethyl adjacent to an activating group) is 1. The average molecular weight is 403 g/mol. The number of aromatic nitrogens is 2. The van der Waals surface area contributed by atoms with Crippen molar-refractivity contribution >= 4 is 17.5 Å². The second kappa shape index (κ2) is 8.92. The second-order valence-corrected chi connectivity index (χ2v) is 7.64. The van der Waals surface area contributed by atoms with E-state index < -0.39 is 0 Å². The van der Waals surface area contributed by atoms with Gasteiger partial charge in [-0.1, -0.05) is 30.3 Å². The molecule has 0 bridgehead atoms. The van der Waals surface area contributed by atoms with E-state index in [1.165, 1.54) is 0 Å². The summed E-state index contributed by atoms with van der Waals surface area (Å²) in [5, 5.41) is 10.2. The standard InChI is InChI=1S/C23H25N5O2/c1-27(14-17-13-24-28(15-17)19-7-3-2-4-8-19)16-22(29)26-21-10-6-5-9-20(21)23(30)25-18-11-12-18/h2-10,13,15,18H,11-12,14,16H2,1H3,(H,25,30)(H,26,29). The number of nitrogens with zero attached hydrogens (tertiary/aromatic N) is 3. The summed E-state index contributed by atoms with van der Waals surface area (Å²) in [6, 6.07) is 17.2. The first-order chi connectivity index (χ1) is 14.6. The molecule has 4 rings (SSSR count). The summed E-state index contributed by atoms with van der Waals surface area (Å²) in [4.78, 5) is 26.9. The van der Waals surface area contributed by atoms with Crippen molar-refractivity contribution in [2.45, 2.75) is 25.4 Å². The number of carbonyl (C=O) groups is 2. The minimum absolute atomic E-state index is 0.143. The zero-order valence-electron chi connectivity index (χ0n) is 16.9. The molecule has 154 valence electrons. The van der Waals surface area contributed by atoms with Crippen LogP contribution in [0.2, 0.25) is 0 Å². The highest BCUT2D eigenvalue weighted by Crippen LogP contribution is 2.21. The third kappa shape index (κ3) is 5.12. The summed E-state index contributed by atoms with van der Waals surface area (Å²) >= 11 is 0. The van der Waals surface area contributed by atoms with Gasteiger partial charge in [0.25, 0.3) is 5.91 Å². The van der Waals surface area contributed by atoms with Crippen LogP contribution in [0.3, 0.4) is 0 Å². The van der Waals surface area contributed by atoms with E-state index in [4.69, 9.17) is 0 Å². The molecule has 1 aromatic heterocycles. The smallest absolute Gasteiger partial charge is 0.253 e. The van der Waals surface area contributed by atoms with E-state index in [1.807, 2.05) is 59.2 Å². The molecule has 2 aromatic carbocycles. The molecule has 0 unspecified atom stereocenters. The Kier molecular flexibility index (Phi) is 5.90. The molecule has 1 aliphatic rings. The van der Waals surface area contributed by atoms with Crippen LogP contribution in [0.4, 0.5) is 5.69 Å². The van der Waals surface area contributed by atoms with Crippen LogP contribution in [0.1, 0.15) is 28.8 Å². The van der Waals surface area contributed by atoms with E-state index in [9.17, 15) is 9.59 Å². The molecular formula is C23H25N5O2. The van der Waals surface area contributed by atoms with Gasteiger partial charge in [0.05, 0.1) is 29.7 Å². The van der Waals surface area contributed by atoms with Gasteiger partial charge < -0.3 is 10.6 Å². The third-order valence-electron chi connectivity index (χ3n) is 4.88. The zero-order chi connectivity index (χ0) is 20.9. The lowest BCUT2D eigenvalue weighted by molar-refractivity contribution is -0.117. The van der Waals surface area contributed by atoms with Crippen LogP contribution in [0.5, 0.6) is 0 Å². The Bertz CT molecular complexity index is 1030. The van der Waals surface area contributed by atoms with E-state index in [2.05, 4.69) is 15.7 Å². The molecular weight excluding hydrogens is 378 g/mol. The van der Waals surface area contributed by atoms with E-state index in [1.54, 1.807) is 24.4 Å². The molecule has 2 N–H and O–H groups in total. The minimum atomic E-state index is -0.167. The van der Waals surface area contributed by atoms with Gasteiger partial charge in [-0.15, -0.1) is 0 Å². The topological polar surface area (TPSA) is 79.3 Å². The maximum Gasteiger partial charge on any atom is 0.253 e. The van der Waals surface area contributed by atoms with Gasteiger partial charge in [-0.2, -0.15) is 5.10 Å². The predicted molar refractivity (Wildman–Crippen MR) is 115 cm³/mol. The number of benzene rings is 2. The number of hydrogen-bond donors (Lipinski definition) is 2.